The molecule has 0 spiro atoms. The van der Waals surface area contributed by atoms with Crippen LogP contribution in [-0.2, 0) is 13.1 Å². The molecule has 5 nitrogen and oxygen atoms in total. The minimum atomic E-state index is -0.209. The molecule has 0 aliphatic carbocycles. The lowest BCUT2D eigenvalue weighted by molar-refractivity contribution is 0.180. The topological polar surface area (TPSA) is 40.5 Å². The maximum Gasteiger partial charge on any atom is 0.318 e. The van der Waals surface area contributed by atoms with E-state index in [4.69, 9.17) is 0 Å². The summed E-state index contributed by atoms with van der Waals surface area (Å²) in [4.78, 5) is 17.7. The number of hydrogen-bond acceptors (Lipinski definition) is 2. The summed E-state index contributed by atoms with van der Waals surface area (Å²) in [5, 5.41) is 3.15. The van der Waals surface area contributed by atoms with Gasteiger partial charge in [0.15, 0.2) is 0 Å². The van der Waals surface area contributed by atoms with Crippen molar-refractivity contribution in [3.63, 3.8) is 0 Å². The minimum Gasteiger partial charge on any atom is -0.378 e. The summed E-state index contributed by atoms with van der Waals surface area (Å²) in [6.07, 6.45) is 2.08. The second kappa shape index (κ2) is 8.87. The van der Waals surface area contributed by atoms with Gasteiger partial charge >= 0.3 is 6.03 Å². The first-order chi connectivity index (χ1) is 16.1. The predicted octanol–water partition coefficient (Wildman–Crippen LogP) is 5.36. The van der Waals surface area contributed by atoms with Gasteiger partial charge in [-0.3, -0.25) is 0 Å². The molecule has 1 aliphatic rings. The smallest absolute Gasteiger partial charge is 0.318 e. The Labute approximate surface area is 194 Å². The van der Waals surface area contributed by atoms with Gasteiger partial charge in [0, 0.05) is 38.2 Å². The van der Waals surface area contributed by atoms with Gasteiger partial charge in [0.25, 0.3) is 0 Å². The van der Waals surface area contributed by atoms with E-state index < -0.39 is 0 Å². The van der Waals surface area contributed by atoms with Crippen LogP contribution in [0.15, 0.2) is 97.2 Å². The van der Waals surface area contributed by atoms with Crippen molar-refractivity contribution in [2.45, 2.75) is 19.1 Å². The van der Waals surface area contributed by atoms with Crippen molar-refractivity contribution in [3.05, 3.63) is 120 Å². The summed E-state index contributed by atoms with van der Waals surface area (Å²) in [6.45, 7) is 1.02. The van der Waals surface area contributed by atoms with Crippen LogP contribution < -0.4 is 10.2 Å². The fourth-order valence-electron chi connectivity index (χ4n) is 4.52. The van der Waals surface area contributed by atoms with Crippen LogP contribution in [0.1, 0.15) is 28.4 Å². The van der Waals surface area contributed by atoms with E-state index in [1.807, 2.05) is 55.4 Å². The van der Waals surface area contributed by atoms with Crippen LogP contribution in [0, 0.1) is 0 Å². The van der Waals surface area contributed by atoms with Gasteiger partial charge in [-0.25, -0.2) is 4.79 Å². The van der Waals surface area contributed by atoms with E-state index in [-0.39, 0.29) is 12.1 Å². The number of carbonyl (C=O) groups is 1. The van der Waals surface area contributed by atoms with Gasteiger partial charge in [0.05, 0.1) is 18.3 Å². The molecule has 33 heavy (non-hydrogen) atoms. The predicted molar refractivity (Wildman–Crippen MR) is 133 cm³/mol. The molecule has 0 saturated carbocycles. The number of rotatable bonds is 4. The van der Waals surface area contributed by atoms with Gasteiger partial charge in [-0.1, -0.05) is 60.7 Å². The molecular weight excluding hydrogens is 408 g/mol. The number of hydrogen-bond donors (Lipinski definition) is 1. The number of nitrogens with one attached hydrogen (secondary N) is 1. The molecule has 0 radical (unpaired) electrons. The Hall–Kier alpha value is -3.99. The molecule has 0 fully saturated rings. The van der Waals surface area contributed by atoms with Crippen LogP contribution in [-0.4, -0.2) is 29.6 Å². The highest BCUT2D eigenvalue weighted by molar-refractivity contribution is 5.76. The third-order valence-electron chi connectivity index (χ3n) is 6.24. The minimum absolute atomic E-state index is 0.0787. The zero-order chi connectivity index (χ0) is 22.8. The molecule has 3 aromatic carbocycles. The molecule has 5 heteroatoms. The summed E-state index contributed by atoms with van der Waals surface area (Å²) in [5.74, 6) is 0. The van der Waals surface area contributed by atoms with Crippen molar-refractivity contribution < 1.29 is 4.79 Å². The molecule has 1 atom stereocenters. The van der Waals surface area contributed by atoms with Gasteiger partial charge in [-0.05, 0) is 47.0 Å². The van der Waals surface area contributed by atoms with E-state index in [1.54, 1.807) is 0 Å². The maximum absolute atomic E-state index is 13.6. The van der Waals surface area contributed by atoms with Crippen LogP contribution >= 0.6 is 0 Å². The zero-order valence-corrected chi connectivity index (χ0v) is 19.0. The maximum atomic E-state index is 13.6. The number of amides is 2. The molecule has 2 heterocycles. The summed E-state index contributed by atoms with van der Waals surface area (Å²) in [5.41, 5.74) is 6.61. The van der Waals surface area contributed by atoms with E-state index in [1.165, 1.54) is 0 Å². The normalized spacial score (nSPS) is 14.7. The van der Waals surface area contributed by atoms with Gasteiger partial charge < -0.3 is 19.7 Å². The van der Waals surface area contributed by atoms with E-state index in [0.29, 0.717) is 13.1 Å². The number of anilines is 1. The molecule has 1 aliphatic heterocycles. The Morgan fingerprint density at radius 3 is 2.39 bits per heavy atom. The first-order valence-corrected chi connectivity index (χ1v) is 11.2. The molecule has 0 bridgehead atoms. The van der Waals surface area contributed by atoms with Crippen molar-refractivity contribution in [1.82, 2.24) is 14.8 Å². The first-order valence-electron chi connectivity index (χ1n) is 11.2. The van der Waals surface area contributed by atoms with Gasteiger partial charge in [0.2, 0.25) is 0 Å². The number of fused-ring (bicyclic) bond motifs is 3. The average Bonchev–Trinajstić information content (AvgIpc) is 3.27. The molecular formula is C28H28N4O. The van der Waals surface area contributed by atoms with E-state index in [0.717, 1.165) is 33.8 Å². The molecule has 1 aromatic heterocycles. The monoisotopic (exact) mass is 436 g/mol. The number of carbonyl (C=O) groups excluding carboxylic acids is 1. The number of urea groups is 1. The summed E-state index contributed by atoms with van der Waals surface area (Å²) in [6, 6.07) is 30.7. The quantitative estimate of drug-likeness (QED) is 0.468. The Bertz CT molecular complexity index is 1240. The zero-order valence-electron chi connectivity index (χ0n) is 19.0. The lowest BCUT2D eigenvalue weighted by atomic mass is 10.0. The van der Waals surface area contributed by atoms with Crippen LogP contribution in [0.3, 0.4) is 0 Å². The van der Waals surface area contributed by atoms with Crippen molar-refractivity contribution in [2.75, 3.05) is 19.0 Å². The lowest BCUT2D eigenvalue weighted by Gasteiger charge is -2.31. The fourth-order valence-corrected chi connectivity index (χ4v) is 4.52. The number of aromatic nitrogens is 1. The summed E-state index contributed by atoms with van der Waals surface area (Å²) < 4.78 is 2.21. The van der Waals surface area contributed by atoms with Gasteiger partial charge in [-0.15, -0.1) is 0 Å². The number of para-hydroxylation sites is 1. The second-order valence-corrected chi connectivity index (χ2v) is 8.59. The largest absolute Gasteiger partial charge is 0.378 e. The Morgan fingerprint density at radius 1 is 0.909 bits per heavy atom. The van der Waals surface area contributed by atoms with Crippen molar-refractivity contribution >= 4 is 11.7 Å². The number of benzene rings is 3. The van der Waals surface area contributed by atoms with Gasteiger partial charge in [0.1, 0.15) is 0 Å². The van der Waals surface area contributed by atoms with Crippen molar-refractivity contribution in [3.8, 4) is 5.69 Å². The highest BCUT2D eigenvalue weighted by Gasteiger charge is 2.32. The molecule has 0 saturated heterocycles. The standard InChI is InChI=1S/C28H28N4O/c1-30(2)24-16-14-22(15-17-24)27-26-13-8-18-31(26)25-12-7-6-11-23(25)20-32(27)28(33)29-19-21-9-4-3-5-10-21/h3-18,27H,19-20H2,1-2H3,(H,29,33)/t27-/m0/s1. The Morgan fingerprint density at radius 2 is 1.64 bits per heavy atom. The Balaban J connectivity index is 1.56. The second-order valence-electron chi connectivity index (χ2n) is 8.59. The van der Waals surface area contributed by atoms with Gasteiger partial charge in [-0.2, -0.15) is 0 Å². The molecule has 2 amide bonds. The number of nitrogens with zero attached hydrogens (tertiary/aromatic N) is 3. The average molecular weight is 437 g/mol. The highest BCUT2D eigenvalue weighted by Crippen LogP contribution is 2.37. The van der Waals surface area contributed by atoms with E-state index in [9.17, 15) is 4.79 Å². The Kier molecular flexibility index (Phi) is 5.61. The molecule has 0 unspecified atom stereocenters. The van der Waals surface area contributed by atoms with E-state index >= 15 is 0 Å². The van der Waals surface area contributed by atoms with Crippen LogP contribution in [0.4, 0.5) is 10.5 Å². The van der Waals surface area contributed by atoms with Crippen LogP contribution in [0.25, 0.3) is 5.69 Å². The third-order valence-corrected chi connectivity index (χ3v) is 6.24. The SMILES string of the molecule is CN(C)c1ccc([C@H]2c3cccn3-c3ccccc3CN2C(=O)NCc2ccccc2)cc1. The van der Waals surface area contributed by atoms with Crippen molar-refractivity contribution in [1.29, 1.82) is 0 Å². The molecule has 5 rings (SSSR count). The first kappa shape index (κ1) is 20.9. The van der Waals surface area contributed by atoms with E-state index in [2.05, 4.69) is 75.6 Å². The molecule has 4 aromatic rings. The molecule has 166 valence electrons. The van der Waals surface area contributed by atoms with Crippen LogP contribution in [0.2, 0.25) is 0 Å². The third kappa shape index (κ3) is 4.10. The lowest BCUT2D eigenvalue weighted by Crippen LogP contribution is -2.41. The highest BCUT2D eigenvalue weighted by atomic mass is 16.2. The van der Waals surface area contributed by atoms with Crippen LogP contribution in [0.5, 0.6) is 0 Å². The fraction of sp³-hybridized carbons (Fsp3) is 0.179. The summed E-state index contributed by atoms with van der Waals surface area (Å²) >= 11 is 0. The molecule has 1 N–H and O–H groups in total. The van der Waals surface area contributed by atoms with Crippen molar-refractivity contribution in [2.24, 2.45) is 0 Å². The summed E-state index contributed by atoms with van der Waals surface area (Å²) in [7, 11) is 4.07.